The van der Waals surface area contributed by atoms with E-state index in [1.165, 1.54) is 11.3 Å². The number of likely N-dealkylation sites (tertiary alicyclic amines) is 1. The molecule has 0 spiro atoms. The number of alkyl carbamates (subject to hydrolysis) is 1. The van der Waals surface area contributed by atoms with E-state index in [-0.39, 0.29) is 12.1 Å². The summed E-state index contributed by atoms with van der Waals surface area (Å²) in [4.78, 5) is 19.9. The second kappa shape index (κ2) is 6.16. The zero-order valence-corrected chi connectivity index (χ0v) is 14.4. The van der Waals surface area contributed by atoms with E-state index in [2.05, 4.69) is 15.2 Å². The largest absolute Gasteiger partial charge is 0.444 e. The third-order valence-electron chi connectivity index (χ3n) is 4.50. The molecule has 1 saturated heterocycles. The molecule has 1 aromatic rings. The highest BCUT2D eigenvalue weighted by Gasteiger charge is 2.43. The first-order chi connectivity index (χ1) is 10.4. The first-order valence-electron chi connectivity index (χ1n) is 8.00. The smallest absolute Gasteiger partial charge is 0.407 e. The Labute approximate surface area is 136 Å². The SMILES string of the molecule is CC(C)(C)OC(=O)N[C@@H]1CC[C@H]2CN(Cc3cncs3)C[C@@H]21. The lowest BCUT2D eigenvalue weighted by molar-refractivity contribution is 0.0491. The first-order valence-corrected chi connectivity index (χ1v) is 8.88. The predicted molar refractivity (Wildman–Crippen MR) is 86.8 cm³/mol. The fraction of sp³-hybridized carbons (Fsp3) is 0.750. The van der Waals surface area contributed by atoms with Gasteiger partial charge in [-0.25, -0.2) is 4.79 Å². The number of nitrogens with one attached hydrogen (secondary N) is 1. The molecule has 122 valence electrons. The lowest BCUT2D eigenvalue weighted by atomic mass is 9.98. The molecule has 2 heterocycles. The van der Waals surface area contributed by atoms with Crippen molar-refractivity contribution in [1.82, 2.24) is 15.2 Å². The van der Waals surface area contributed by atoms with Gasteiger partial charge >= 0.3 is 6.09 Å². The van der Waals surface area contributed by atoms with E-state index in [9.17, 15) is 4.79 Å². The van der Waals surface area contributed by atoms with Crippen LogP contribution in [0.15, 0.2) is 11.7 Å². The first kappa shape index (κ1) is 15.7. The Hall–Kier alpha value is -1.14. The molecule has 1 aromatic heterocycles. The molecule has 1 saturated carbocycles. The van der Waals surface area contributed by atoms with E-state index in [0.717, 1.165) is 26.1 Å². The van der Waals surface area contributed by atoms with Crippen LogP contribution in [0.5, 0.6) is 0 Å². The summed E-state index contributed by atoms with van der Waals surface area (Å²) in [5.74, 6) is 1.26. The number of carbonyl (C=O) groups is 1. The van der Waals surface area contributed by atoms with Gasteiger partial charge < -0.3 is 10.1 Å². The summed E-state index contributed by atoms with van der Waals surface area (Å²) in [5.41, 5.74) is 1.45. The summed E-state index contributed by atoms with van der Waals surface area (Å²) in [6.07, 6.45) is 3.95. The van der Waals surface area contributed by atoms with Crippen LogP contribution >= 0.6 is 11.3 Å². The van der Waals surface area contributed by atoms with E-state index in [4.69, 9.17) is 4.74 Å². The minimum Gasteiger partial charge on any atom is -0.444 e. The van der Waals surface area contributed by atoms with Crippen molar-refractivity contribution in [2.24, 2.45) is 11.8 Å². The third-order valence-corrected chi connectivity index (χ3v) is 5.26. The predicted octanol–water partition coefficient (Wildman–Crippen LogP) is 2.88. The Morgan fingerprint density at radius 1 is 1.45 bits per heavy atom. The van der Waals surface area contributed by atoms with Gasteiger partial charge in [0.05, 0.1) is 5.51 Å². The van der Waals surface area contributed by atoms with Gasteiger partial charge in [-0.2, -0.15) is 0 Å². The summed E-state index contributed by atoms with van der Waals surface area (Å²) >= 11 is 1.71. The highest BCUT2D eigenvalue weighted by atomic mass is 32.1. The van der Waals surface area contributed by atoms with Crippen LogP contribution in [0.3, 0.4) is 0 Å². The second-order valence-corrected chi connectivity index (χ2v) is 8.39. The minimum absolute atomic E-state index is 0.256. The Kier molecular flexibility index (Phi) is 4.41. The topological polar surface area (TPSA) is 54.5 Å². The lowest BCUT2D eigenvalue weighted by Crippen LogP contribution is -2.42. The van der Waals surface area contributed by atoms with Crippen LogP contribution in [0.1, 0.15) is 38.5 Å². The number of hydrogen-bond donors (Lipinski definition) is 1. The molecule has 0 unspecified atom stereocenters. The average Bonchev–Trinajstić information content (AvgIpc) is 3.07. The van der Waals surface area contributed by atoms with Gasteiger partial charge in [0.2, 0.25) is 0 Å². The fourth-order valence-electron chi connectivity index (χ4n) is 3.67. The third kappa shape index (κ3) is 3.79. The number of carbonyl (C=O) groups excluding carboxylic acids is 1. The molecule has 3 atom stereocenters. The summed E-state index contributed by atoms with van der Waals surface area (Å²) in [6.45, 7) is 8.87. The van der Waals surface area contributed by atoms with Crippen LogP contribution in [0.25, 0.3) is 0 Å². The number of aromatic nitrogens is 1. The molecule has 1 aliphatic heterocycles. The molecule has 1 N–H and O–H groups in total. The number of amides is 1. The van der Waals surface area contributed by atoms with Gasteiger partial charge in [0.15, 0.2) is 0 Å². The van der Waals surface area contributed by atoms with Crippen molar-refractivity contribution in [3.8, 4) is 0 Å². The highest BCUT2D eigenvalue weighted by molar-refractivity contribution is 7.09. The molecule has 0 bridgehead atoms. The molecule has 2 aliphatic rings. The van der Waals surface area contributed by atoms with E-state index in [1.54, 1.807) is 11.3 Å². The van der Waals surface area contributed by atoms with Gasteiger partial charge in [-0.1, -0.05) is 0 Å². The normalized spacial score (nSPS) is 28.6. The fourth-order valence-corrected chi connectivity index (χ4v) is 4.30. The van der Waals surface area contributed by atoms with Crippen molar-refractivity contribution in [2.45, 2.75) is 51.8 Å². The molecule has 0 radical (unpaired) electrons. The Bertz CT molecular complexity index is 512. The number of thiazole rings is 1. The second-order valence-electron chi connectivity index (χ2n) is 7.42. The molecule has 5 nitrogen and oxygen atoms in total. The number of fused-ring (bicyclic) bond motifs is 1. The Balaban J connectivity index is 1.53. The summed E-state index contributed by atoms with van der Waals surface area (Å²) in [7, 11) is 0. The summed E-state index contributed by atoms with van der Waals surface area (Å²) in [6, 6.07) is 0.256. The monoisotopic (exact) mass is 323 g/mol. The standard InChI is InChI=1S/C16H25N3O2S/c1-16(2,3)21-15(20)18-14-5-4-11-7-19(9-13(11)14)8-12-6-17-10-22-12/h6,10-11,13-14H,4-5,7-9H2,1-3H3,(H,18,20)/t11-,13-,14+/m0/s1. The van der Waals surface area contributed by atoms with Gasteiger partial charge in [-0.05, 0) is 45.4 Å². The van der Waals surface area contributed by atoms with E-state index in [0.29, 0.717) is 11.8 Å². The molecule has 22 heavy (non-hydrogen) atoms. The van der Waals surface area contributed by atoms with E-state index < -0.39 is 5.60 Å². The lowest BCUT2D eigenvalue weighted by Gasteiger charge is -2.24. The zero-order chi connectivity index (χ0) is 15.7. The van der Waals surface area contributed by atoms with Crippen LogP contribution < -0.4 is 5.32 Å². The maximum atomic E-state index is 12.0. The zero-order valence-electron chi connectivity index (χ0n) is 13.5. The van der Waals surface area contributed by atoms with E-state index >= 15 is 0 Å². The van der Waals surface area contributed by atoms with Gasteiger partial charge in [0.1, 0.15) is 5.60 Å². The van der Waals surface area contributed by atoms with Crippen molar-refractivity contribution in [1.29, 1.82) is 0 Å². The molecule has 1 aliphatic carbocycles. The molecule has 1 amide bonds. The molecule has 3 rings (SSSR count). The molecule has 6 heteroatoms. The van der Waals surface area contributed by atoms with Gasteiger partial charge in [-0.3, -0.25) is 9.88 Å². The summed E-state index contributed by atoms with van der Waals surface area (Å²) < 4.78 is 5.39. The highest BCUT2D eigenvalue weighted by Crippen LogP contribution is 2.38. The minimum atomic E-state index is -0.435. The number of nitrogens with zero attached hydrogens (tertiary/aromatic N) is 2. The van der Waals surface area contributed by atoms with Crippen molar-refractivity contribution in [2.75, 3.05) is 13.1 Å². The maximum Gasteiger partial charge on any atom is 0.407 e. The van der Waals surface area contributed by atoms with Crippen molar-refractivity contribution in [3.05, 3.63) is 16.6 Å². The average molecular weight is 323 g/mol. The van der Waals surface area contributed by atoms with Crippen LogP contribution in [0.2, 0.25) is 0 Å². The van der Waals surface area contributed by atoms with Gasteiger partial charge in [0.25, 0.3) is 0 Å². The Morgan fingerprint density at radius 3 is 2.95 bits per heavy atom. The van der Waals surface area contributed by atoms with Gasteiger partial charge in [-0.15, -0.1) is 11.3 Å². The van der Waals surface area contributed by atoms with Crippen molar-refractivity contribution in [3.63, 3.8) is 0 Å². The van der Waals surface area contributed by atoms with Crippen LogP contribution in [-0.2, 0) is 11.3 Å². The number of hydrogen-bond acceptors (Lipinski definition) is 5. The number of ether oxygens (including phenoxy) is 1. The number of rotatable bonds is 3. The van der Waals surface area contributed by atoms with Crippen LogP contribution in [0.4, 0.5) is 4.79 Å². The molecular weight excluding hydrogens is 298 g/mol. The summed E-state index contributed by atoms with van der Waals surface area (Å²) in [5, 5.41) is 3.09. The van der Waals surface area contributed by atoms with Crippen molar-refractivity contribution >= 4 is 17.4 Å². The quantitative estimate of drug-likeness (QED) is 0.929. The molecule has 0 aromatic carbocycles. The Morgan fingerprint density at radius 2 is 2.27 bits per heavy atom. The molecule has 2 fully saturated rings. The van der Waals surface area contributed by atoms with E-state index in [1.807, 2.05) is 32.5 Å². The van der Waals surface area contributed by atoms with Crippen LogP contribution in [-0.4, -0.2) is 40.7 Å². The van der Waals surface area contributed by atoms with Gasteiger partial charge in [0, 0.05) is 36.8 Å². The van der Waals surface area contributed by atoms with Crippen molar-refractivity contribution < 1.29 is 9.53 Å². The molecular formula is C16H25N3O2S. The maximum absolute atomic E-state index is 12.0. The van der Waals surface area contributed by atoms with Crippen LogP contribution in [0, 0.1) is 11.8 Å².